The summed E-state index contributed by atoms with van der Waals surface area (Å²) >= 11 is 0. The topological polar surface area (TPSA) is 88.5 Å². The van der Waals surface area contributed by atoms with Gasteiger partial charge in [0.25, 0.3) is 5.91 Å². The van der Waals surface area contributed by atoms with Crippen molar-refractivity contribution in [3.05, 3.63) is 24.0 Å². The largest absolute Gasteiger partial charge is 0.476 e. The second-order valence-corrected chi connectivity index (χ2v) is 4.21. The molecule has 0 aromatic carbocycles. The summed E-state index contributed by atoms with van der Waals surface area (Å²) in [6.07, 6.45) is 2.40. The second-order valence-electron chi connectivity index (χ2n) is 4.21. The van der Waals surface area contributed by atoms with E-state index < -0.39 is 12.1 Å². The molecule has 2 rings (SSSR count). The quantitative estimate of drug-likeness (QED) is 0.843. The number of nitrogens with one attached hydrogen (secondary N) is 1. The standard InChI is InChI=1S/C12H14N2O4/c1-7-4-5-9(18-7)11(15)14-8-3-2-6-13-10(8)12(16)17/h2-3,6-7,9H,4-5H2,1H3,(H,14,15)(H,16,17). The van der Waals surface area contributed by atoms with E-state index in [0.717, 1.165) is 6.42 Å². The lowest BCUT2D eigenvalue weighted by molar-refractivity contribution is -0.126. The molecule has 1 aromatic rings. The third-order valence-corrected chi connectivity index (χ3v) is 2.79. The van der Waals surface area contributed by atoms with E-state index in [4.69, 9.17) is 9.84 Å². The first kappa shape index (κ1) is 12.5. The summed E-state index contributed by atoms with van der Waals surface area (Å²) < 4.78 is 5.42. The first-order valence-corrected chi connectivity index (χ1v) is 5.72. The summed E-state index contributed by atoms with van der Waals surface area (Å²) in [5, 5.41) is 11.5. The molecule has 1 aromatic heterocycles. The van der Waals surface area contributed by atoms with Crippen molar-refractivity contribution in [3.8, 4) is 0 Å². The smallest absolute Gasteiger partial charge is 0.356 e. The van der Waals surface area contributed by atoms with Crippen molar-refractivity contribution in [1.29, 1.82) is 0 Å². The number of hydrogen-bond donors (Lipinski definition) is 2. The van der Waals surface area contributed by atoms with Crippen LogP contribution in [0.25, 0.3) is 0 Å². The van der Waals surface area contributed by atoms with Crippen molar-refractivity contribution in [2.75, 3.05) is 5.32 Å². The van der Waals surface area contributed by atoms with E-state index >= 15 is 0 Å². The van der Waals surface area contributed by atoms with Crippen LogP contribution in [0.15, 0.2) is 18.3 Å². The Balaban J connectivity index is 2.09. The number of carboxylic acid groups (broad SMARTS) is 1. The number of carboxylic acids is 1. The molecule has 0 bridgehead atoms. The monoisotopic (exact) mass is 250 g/mol. The highest BCUT2D eigenvalue weighted by molar-refractivity contribution is 6.00. The van der Waals surface area contributed by atoms with E-state index in [1.807, 2.05) is 6.92 Å². The van der Waals surface area contributed by atoms with Gasteiger partial charge in [-0.3, -0.25) is 4.79 Å². The molecule has 1 aliphatic heterocycles. The van der Waals surface area contributed by atoms with Gasteiger partial charge < -0.3 is 15.2 Å². The van der Waals surface area contributed by atoms with E-state index in [2.05, 4.69) is 10.3 Å². The maximum absolute atomic E-state index is 11.9. The predicted octanol–water partition coefficient (Wildman–Crippen LogP) is 1.29. The fraction of sp³-hybridized carbons (Fsp3) is 0.417. The molecule has 1 aliphatic rings. The Morgan fingerprint density at radius 3 is 2.89 bits per heavy atom. The molecule has 1 saturated heterocycles. The zero-order valence-electron chi connectivity index (χ0n) is 9.92. The fourth-order valence-electron chi connectivity index (χ4n) is 1.89. The molecule has 2 unspecified atom stereocenters. The molecular formula is C12H14N2O4. The molecular weight excluding hydrogens is 236 g/mol. The molecule has 2 N–H and O–H groups in total. The Bertz CT molecular complexity index is 475. The Kier molecular flexibility index (Phi) is 3.57. The van der Waals surface area contributed by atoms with Gasteiger partial charge in [0.15, 0.2) is 5.69 Å². The lowest BCUT2D eigenvalue weighted by Gasteiger charge is -2.12. The number of aromatic nitrogens is 1. The van der Waals surface area contributed by atoms with Gasteiger partial charge in [-0.2, -0.15) is 0 Å². The minimum Gasteiger partial charge on any atom is -0.476 e. The number of amides is 1. The molecule has 6 heteroatoms. The third kappa shape index (κ3) is 2.65. The van der Waals surface area contributed by atoms with Crippen molar-refractivity contribution in [3.63, 3.8) is 0 Å². The number of carbonyl (C=O) groups is 2. The Morgan fingerprint density at radius 2 is 2.28 bits per heavy atom. The van der Waals surface area contributed by atoms with Crippen LogP contribution in [0.1, 0.15) is 30.3 Å². The average Bonchev–Trinajstić information content (AvgIpc) is 2.76. The van der Waals surface area contributed by atoms with Crippen molar-refractivity contribution >= 4 is 17.6 Å². The zero-order chi connectivity index (χ0) is 13.1. The fourth-order valence-corrected chi connectivity index (χ4v) is 1.89. The van der Waals surface area contributed by atoms with Crippen molar-refractivity contribution < 1.29 is 19.4 Å². The Labute approximate surface area is 104 Å². The number of hydrogen-bond acceptors (Lipinski definition) is 4. The summed E-state index contributed by atoms with van der Waals surface area (Å²) in [5.41, 5.74) is 0.0232. The summed E-state index contributed by atoms with van der Waals surface area (Å²) in [4.78, 5) is 26.5. The highest BCUT2D eigenvalue weighted by Crippen LogP contribution is 2.21. The van der Waals surface area contributed by atoms with E-state index in [1.54, 1.807) is 6.07 Å². The summed E-state index contributed by atoms with van der Waals surface area (Å²) in [6, 6.07) is 3.08. The van der Waals surface area contributed by atoms with E-state index in [1.165, 1.54) is 12.3 Å². The number of rotatable bonds is 3. The second kappa shape index (κ2) is 5.14. The van der Waals surface area contributed by atoms with Crippen LogP contribution in [0.3, 0.4) is 0 Å². The van der Waals surface area contributed by atoms with Crippen molar-refractivity contribution in [2.24, 2.45) is 0 Å². The highest BCUT2D eigenvalue weighted by atomic mass is 16.5. The third-order valence-electron chi connectivity index (χ3n) is 2.79. The zero-order valence-corrected chi connectivity index (χ0v) is 9.92. The summed E-state index contributed by atoms with van der Waals surface area (Å²) in [7, 11) is 0. The van der Waals surface area contributed by atoms with Gasteiger partial charge >= 0.3 is 5.97 Å². The molecule has 1 amide bonds. The normalized spacial score (nSPS) is 22.7. The number of pyridine rings is 1. The first-order chi connectivity index (χ1) is 8.58. The van der Waals surface area contributed by atoms with Gasteiger partial charge in [-0.25, -0.2) is 9.78 Å². The molecule has 0 radical (unpaired) electrons. The maximum atomic E-state index is 11.9. The molecule has 18 heavy (non-hydrogen) atoms. The molecule has 96 valence electrons. The molecule has 2 heterocycles. The summed E-state index contributed by atoms with van der Waals surface area (Å²) in [6.45, 7) is 1.90. The van der Waals surface area contributed by atoms with Crippen LogP contribution in [0.2, 0.25) is 0 Å². The minimum atomic E-state index is -1.17. The van der Waals surface area contributed by atoms with Gasteiger partial charge in [-0.05, 0) is 31.9 Å². The first-order valence-electron chi connectivity index (χ1n) is 5.72. The van der Waals surface area contributed by atoms with Crippen molar-refractivity contribution in [1.82, 2.24) is 4.98 Å². The Hall–Kier alpha value is -1.95. The van der Waals surface area contributed by atoms with E-state index in [9.17, 15) is 9.59 Å². The molecule has 2 atom stereocenters. The number of aromatic carboxylic acids is 1. The van der Waals surface area contributed by atoms with Gasteiger partial charge in [0, 0.05) is 6.20 Å². The van der Waals surface area contributed by atoms with Gasteiger partial charge in [-0.15, -0.1) is 0 Å². The highest BCUT2D eigenvalue weighted by Gasteiger charge is 2.28. The SMILES string of the molecule is CC1CCC(C(=O)Nc2cccnc2C(=O)O)O1. The van der Waals surface area contributed by atoms with Crippen LogP contribution in [0, 0.1) is 0 Å². The maximum Gasteiger partial charge on any atom is 0.356 e. The number of nitrogens with zero attached hydrogens (tertiary/aromatic N) is 1. The number of anilines is 1. The summed E-state index contributed by atoms with van der Waals surface area (Å²) in [5.74, 6) is -1.50. The van der Waals surface area contributed by atoms with Crippen LogP contribution >= 0.6 is 0 Å². The molecule has 0 saturated carbocycles. The van der Waals surface area contributed by atoms with Crippen LogP contribution in [0.4, 0.5) is 5.69 Å². The van der Waals surface area contributed by atoms with Gasteiger partial charge in [0.2, 0.25) is 0 Å². The van der Waals surface area contributed by atoms with Crippen LogP contribution in [0.5, 0.6) is 0 Å². The van der Waals surface area contributed by atoms with E-state index in [-0.39, 0.29) is 23.4 Å². The minimum absolute atomic E-state index is 0.0635. The van der Waals surface area contributed by atoms with Gasteiger partial charge in [0.1, 0.15) is 6.10 Å². The van der Waals surface area contributed by atoms with Gasteiger partial charge in [0.05, 0.1) is 11.8 Å². The van der Waals surface area contributed by atoms with E-state index in [0.29, 0.717) is 6.42 Å². The number of ether oxygens (including phenoxy) is 1. The molecule has 6 nitrogen and oxygen atoms in total. The van der Waals surface area contributed by atoms with Crippen LogP contribution in [-0.2, 0) is 9.53 Å². The molecule has 0 spiro atoms. The molecule has 1 fully saturated rings. The lowest BCUT2D eigenvalue weighted by Crippen LogP contribution is -2.28. The number of carbonyl (C=O) groups excluding carboxylic acids is 1. The molecule has 0 aliphatic carbocycles. The predicted molar refractivity (Wildman–Crippen MR) is 63.4 cm³/mol. The van der Waals surface area contributed by atoms with Crippen molar-refractivity contribution in [2.45, 2.75) is 32.0 Å². The van der Waals surface area contributed by atoms with Gasteiger partial charge in [-0.1, -0.05) is 0 Å². The Morgan fingerprint density at radius 1 is 1.50 bits per heavy atom. The van der Waals surface area contributed by atoms with Crippen LogP contribution in [-0.4, -0.2) is 34.2 Å². The average molecular weight is 250 g/mol. The lowest BCUT2D eigenvalue weighted by atomic mass is 10.2. The van der Waals surface area contributed by atoms with Crippen LogP contribution < -0.4 is 5.32 Å².